The van der Waals surface area contributed by atoms with Crippen molar-refractivity contribution >= 4 is 18.0 Å². The molecule has 0 aliphatic heterocycles. The van der Waals surface area contributed by atoms with Crippen LogP contribution in [0.5, 0.6) is 11.5 Å². The third-order valence-corrected chi connectivity index (χ3v) is 2.06. The van der Waals surface area contributed by atoms with E-state index in [-0.39, 0.29) is 11.5 Å². The standard InChI is InChI=1S/C15H18O5/c1-10(16)19-13-7-5-11(9-12(13)17)6-8-14(18)20-15(2,3)4/h5-9,17H,1-4H3. The van der Waals surface area contributed by atoms with Crippen LogP contribution in [-0.4, -0.2) is 22.6 Å². The van der Waals surface area contributed by atoms with Crippen LogP contribution in [0.3, 0.4) is 0 Å². The Labute approximate surface area is 117 Å². The first-order valence-corrected chi connectivity index (χ1v) is 6.10. The summed E-state index contributed by atoms with van der Waals surface area (Å²) in [7, 11) is 0. The lowest BCUT2D eigenvalue weighted by Crippen LogP contribution is -2.22. The molecule has 20 heavy (non-hydrogen) atoms. The van der Waals surface area contributed by atoms with Gasteiger partial charge < -0.3 is 14.6 Å². The highest BCUT2D eigenvalue weighted by Crippen LogP contribution is 2.27. The zero-order valence-electron chi connectivity index (χ0n) is 12.0. The second-order valence-corrected chi connectivity index (χ2v) is 5.19. The largest absolute Gasteiger partial charge is 0.504 e. The van der Waals surface area contributed by atoms with E-state index in [9.17, 15) is 14.7 Å². The molecule has 0 fully saturated rings. The molecule has 1 rings (SSSR count). The minimum atomic E-state index is -0.553. The molecule has 1 N–H and O–H groups in total. The highest BCUT2D eigenvalue weighted by Gasteiger charge is 2.14. The van der Waals surface area contributed by atoms with Crippen molar-refractivity contribution < 1.29 is 24.2 Å². The van der Waals surface area contributed by atoms with Crippen molar-refractivity contribution in [1.82, 2.24) is 0 Å². The number of hydrogen-bond acceptors (Lipinski definition) is 5. The van der Waals surface area contributed by atoms with Gasteiger partial charge in [0.2, 0.25) is 0 Å². The fraction of sp³-hybridized carbons (Fsp3) is 0.333. The van der Waals surface area contributed by atoms with Crippen LogP contribution in [0.2, 0.25) is 0 Å². The summed E-state index contributed by atoms with van der Waals surface area (Å²) in [5, 5.41) is 9.66. The van der Waals surface area contributed by atoms with Gasteiger partial charge in [-0.15, -0.1) is 0 Å². The van der Waals surface area contributed by atoms with Crippen molar-refractivity contribution in [2.75, 3.05) is 0 Å². The Kier molecular flexibility index (Phi) is 4.91. The highest BCUT2D eigenvalue weighted by molar-refractivity contribution is 5.87. The molecule has 5 heteroatoms. The quantitative estimate of drug-likeness (QED) is 0.523. The number of aromatic hydroxyl groups is 1. The molecule has 0 saturated heterocycles. The number of carbonyl (C=O) groups is 2. The molecule has 0 spiro atoms. The average Bonchev–Trinajstić information content (AvgIpc) is 2.27. The van der Waals surface area contributed by atoms with Crippen LogP contribution in [0.25, 0.3) is 6.08 Å². The Morgan fingerprint density at radius 1 is 1.25 bits per heavy atom. The molecule has 1 aromatic rings. The Hall–Kier alpha value is -2.30. The number of carbonyl (C=O) groups excluding carboxylic acids is 2. The molecule has 0 radical (unpaired) electrons. The molecule has 0 aliphatic carbocycles. The van der Waals surface area contributed by atoms with Gasteiger partial charge in [-0.3, -0.25) is 4.79 Å². The number of benzene rings is 1. The van der Waals surface area contributed by atoms with Gasteiger partial charge in [0.05, 0.1) is 0 Å². The maximum Gasteiger partial charge on any atom is 0.331 e. The lowest BCUT2D eigenvalue weighted by atomic mass is 10.2. The van der Waals surface area contributed by atoms with Gasteiger partial charge in [-0.1, -0.05) is 6.07 Å². The lowest BCUT2D eigenvalue weighted by molar-refractivity contribution is -0.148. The first-order valence-electron chi connectivity index (χ1n) is 6.10. The predicted molar refractivity (Wildman–Crippen MR) is 74.3 cm³/mol. The van der Waals surface area contributed by atoms with Gasteiger partial charge >= 0.3 is 11.9 Å². The van der Waals surface area contributed by atoms with Crippen LogP contribution < -0.4 is 4.74 Å². The van der Waals surface area contributed by atoms with Crippen LogP contribution in [0.1, 0.15) is 33.3 Å². The molecule has 0 unspecified atom stereocenters. The van der Waals surface area contributed by atoms with Crippen molar-refractivity contribution in [3.05, 3.63) is 29.8 Å². The van der Waals surface area contributed by atoms with Crippen LogP contribution in [0, 0.1) is 0 Å². The first kappa shape index (κ1) is 15.8. The molecule has 0 aromatic heterocycles. The lowest BCUT2D eigenvalue weighted by Gasteiger charge is -2.17. The highest BCUT2D eigenvalue weighted by atomic mass is 16.6. The third kappa shape index (κ3) is 5.56. The van der Waals surface area contributed by atoms with E-state index in [2.05, 4.69) is 0 Å². The zero-order chi connectivity index (χ0) is 15.3. The molecule has 0 atom stereocenters. The summed E-state index contributed by atoms with van der Waals surface area (Å²) in [5.41, 5.74) is 0.0344. The normalized spacial score (nSPS) is 11.4. The summed E-state index contributed by atoms with van der Waals surface area (Å²) < 4.78 is 9.90. The van der Waals surface area contributed by atoms with Crippen molar-refractivity contribution in [1.29, 1.82) is 0 Å². The van der Waals surface area contributed by atoms with E-state index in [0.717, 1.165) is 0 Å². The Balaban J connectivity index is 2.76. The number of phenols is 1. The fourth-order valence-electron chi connectivity index (χ4n) is 1.38. The van der Waals surface area contributed by atoms with E-state index in [4.69, 9.17) is 9.47 Å². The van der Waals surface area contributed by atoms with Gasteiger partial charge in [0, 0.05) is 13.0 Å². The van der Waals surface area contributed by atoms with Gasteiger partial charge in [0.15, 0.2) is 11.5 Å². The Morgan fingerprint density at radius 2 is 1.90 bits per heavy atom. The third-order valence-electron chi connectivity index (χ3n) is 2.06. The molecule has 1 aromatic carbocycles. The smallest absolute Gasteiger partial charge is 0.331 e. The Bertz CT molecular complexity index is 538. The van der Waals surface area contributed by atoms with Crippen LogP contribution >= 0.6 is 0 Å². The average molecular weight is 278 g/mol. The van der Waals surface area contributed by atoms with Crippen molar-refractivity contribution in [2.24, 2.45) is 0 Å². The minimum Gasteiger partial charge on any atom is -0.504 e. The van der Waals surface area contributed by atoms with Crippen LogP contribution in [0.4, 0.5) is 0 Å². The molecule has 0 aliphatic rings. The topological polar surface area (TPSA) is 72.8 Å². The molecule has 0 bridgehead atoms. The summed E-state index contributed by atoms with van der Waals surface area (Å²) in [6.07, 6.45) is 2.77. The second-order valence-electron chi connectivity index (χ2n) is 5.19. The number of phenolic OH excluding ortho intramolecular Hbond substituents is 1. The summed E-state index contributed by atoms with van der Waals surface area (Å²) in [4.78, 5) is 22.3. The maximum atomic E-state index is 11.5. The number of esters is 2. The minimum absolute atomic E-state index is 0.0759. The van der Waals surface area contributed by atoms with Crippen molar-refractivity contribution in [3.8, 4) is 11.5 Å². The van der Waals surface area contributed by atoms with E-state index in [1.165, 1.54) is 31.2 Å². The number of hydrogen-bond donors (Lipinski definition) is 1. The van der Waals surface area contributed by atoms with Gasteiger partial charge in [-0.25, -0.2) is 4.79 Å². The maximum absolute atomic E-state index is 11.5. The monoisotopic (exact) mass is 278 g/mol. The Morgan fingerprint density at radius 3 is 2.40 bits per heavy atom. The first-order chi connectivity index (χ1) is 9.17. The molecular formula is C15H18O5. The summed E-state index contributed by atoms with van der Waals surface area (Å²) in [6, 6.07) is 4.45. The number of rotatable bonds is 3. The van der Waals surface area contributed by atoms with Gasteiger partial charge in [-0.05, 0) is 44.5 Å². The van der Waals surface area contributed by atoms with E-state index in [1.807, 2.05) is 0 Å². The summed E-state index contributed by atoms with van der Waals surface area (Å²) in [5.74, 6) is -1.09. The second kappa shape index (κ2) is 6.23. The molecular weight excluding hydrogens is 260 g/mol. The molecule has 5 nitrogen and oxygen atoms in total. The predicted octanol–water partition coefficient (Wildman–Crippen LogP) is 2.67. The summed E-state index contributed by atoms with van der Waals surface area (Å²) in [6.45, 7) is 6.57. The molecule has 0 amide bonds. The van der Waals surface area contributed by atoms with Crippen LogP contribution in [-0.2, 0) is 14.3 Å². The van der Waals surface area contributed by atoms with E-state index in [1.54, 1.807) is 26.8 Å². The van der Waals surface area contributed by atoms with Crippen molar-refractivity contribution in [3.63, 3.8) is 0 Å². The van der Waals surface area contributed by atoms with E-state index < -0.39 is 17.5 Å². The molecule has 108 valence electrons. The molecule has 0 heterocycles. The SMILES string of the molecule is CC(=O)Oc1ccc(C=CC(=O)OC(C)(C)C)cc1O. The van der Waals surface area contributed by atoms with E-state index in [0.29, 0.717) is 5.56 Å². The fourth-order valence-corrected chi connectivity index (χ4v) is 1.38. The summed E-state index contributed by atoms with van der Waals surface area (Å²) >= 11 is 0. The molecule has 0 saturated carbocycles. The van der Waals surface area contributed by atoms with E-state index >= 15 is 0 Å². The van der Waals surface area contributed by atoms with Gasteiger partial charge in [0.1, 0.15) is 5.60 Å². The van der Waals surface area contributed by atoms with Gasteiger partial charge in [-0.2, -0.15) is 0 Å². The van der Waals surface area contributed by atoms with Crippen LogP contribution in [0.15, 0.2) is 24.3 Å². The van der Waals surface area contributed by atoms with Gasteiger partial charge in [0.25, 0.3) is 0 Å². The zero-order valence-corrected chi connectivity index (χ0v) is 12.0. The number of ether oxygens (including phenoxy) is 2. The van der Waals surface area contributed by atoms with Crippen molar-refractivity contribution in [2.45, 2.75) is 33.3 Å².